The van der Waals surface area contributed by atoms with Gasteiger partial charge in [-0.2, -0.15) is 0 Å². The third-order valence-electron chi connectivity index (χ3n) is 5.25. The molecular formula is C18H22N4O2S. The van der Waals surface area contributed by atoms with Crippen LogP contribution in [0.2, 0.25) is 0 Å². The van der Waals surface area contributed by atoms with Crippen molar-refractivity contribution in [3.63, 3.8) is 0 Å². The molecule has 3 fully saturated rings. The maximum Gasteiger partial charge on any atom is 0.280 e. The van der Waals surface area contributed by atoms with Crippen molar-refractivity contribution in [2.45, 2.75) is 31.8 Å². The molecule has 4 heterocycles. The van der Waals surface area contributed by atoms with Crippen molar-refractivity contribution in [2.24, 2.45) is 5.92 Å². The van der Waals surface area contributed by atoms with Crippen LogP contribution in [0.5, 0.6) is 10.8 Å². The highest BCUT2D eigenvalue weighted by Gasteiger charge is 2.40. The molecule has 0 aliphatic carbocycles. The zero-order valence-corrected chi connectivity index (χ0v) is 15.0. The molecule has 2 atom stereocenters. The number of thiazole rings is 1. The molecule has 3 N–H and O–H groups in total. The molecule has 132 valence electrons. The van der Waals surface area contributed by atoms with E-state index < -0.39 is 0 Å². The Bertz CT molecular complexity index is 751. The number of amides is 1. The smallest absolute Gasteiger partial charge is 0.280 e. The fourth-order valence-corrected chi connectivity index (χ4v) is 4.51. The van der Waals surface area contributed by atoms with Gasteiger partial charge >= 0.3 is 0 Å². The number of benzene rings is 1. The first-order valence-electron chi connectivity index (χ1n) is 8.64. The van der Waals surface area contributed by atoms with E-state index in [-0.39, 0.29) is 11.9 Å². The number of nitrogens with two attached hydrogens (primary N) is 1. The molecular weight excluding hydrogens is 336 g/mol. The maximum atomic E-state index is 12.6. The first-order chi connectivity index (χ1) is 12.1. The van der Waals surface area contributed by atoms with Gasteiger partial charge in [0.25, 0.3) is 5.91 Å². The number of nitrogens with zero attached hydrogens (tertiary/aromatic N) is 2. The summed E-state index contributed by atoms with van der Waals surface area (Å²) in [6.45, 7) is 4.50. The molecule has 25 heavy (non-hydrogen) atoms. The largest absolute Gasteiger partial charge is 0.445 e. The van der Waals surface area contributed by atoms with E-state index in [2.05, 4.69) is 22.1 Å². The quantitative estimate of drug-likeness (QED) is 0.822. The van der Waals surface area contributed by atoms with Gasteiger partial charge in [-0.15, -0.1) is 0 Å². The minimum Gasteiger partial charge on any atom is -0.445 e. The van der Waals surface area contributed by atoms with E-state index in [1.807, 2.05) is 0 Å². The molecule has 1 amide bonds. The van der Waals surface area contributed by atoms with Crippen molar-refractivity contribution in [1.29, 1.82) is 0 Å². The average molecular weight is 358 g/mol. The minimum atomic E-state index is -0.109. The Balaban J connectivity index is 1.41. The summed E-state index contributed by atoms with van der Waals surface area (Å²) in [5, 5.41) is 4.23. The summed E-state index contributed by atoms with van der Waals surface area (Å²) in [6, 6.07) is 7.74. The van der Waals surface area contributed by atoms with Crippen LogP contribution >= 0.6 is 11.3 Å². The number of carbonyl (C=O) groups is 1. The highest BCUT2D eigenvalue weighted by atomic mass is 32.1. The average Bonchev–Trinajstić information content (AvgIpc) is 3.09. The summed E-state index contributed by atoms with van der Waals surface area (Å²) in [5.74, 6) is 1.15. The van der Waals surface area contributed by atoms with E-state index in [0.29, 0.717) is 33.5 Å². The number of aromatic nitrogens is 1. The lowest BCUT2D eigenvalue weighted by Gasteiger charge is -2.49. The van der Waals surface area contributed by atoms with E-state index >= 15 is 0 Å². The minimum absolute atomic E-state index is 0.109. The van der Waals surface area contributed by atoms with Crippen LogP contribution in [0.4, 0.5) is 5.69 Å². The zero-order chi connectivity index (χ0) is 17.4. The first kappa shape index (κ1) is 16.4. The van der Waals surface area contributed by atoms with Crippen molar-refractivity contribution in [3.05, 3.63) is 35.5 Å². The van der Waals surface area contributed by atoms with Gasteiger partial charge in [-0.3, -0.25) is 9.69 Å². The summed E-state index contributed by atoms with van der Waals surface area (Å²) in [6.07, 6.45) is 3.92. The van der Waals surface area contributed by atoms with Crippen LogP contribution in [-0.2, 0) is 0 Å². The molecule has 6 nitrogen and oxygen atoms in total. The Labute approximate surface area is 151 Å². The Hall–Kier alpha value is -2.12. The van der Waals surface area contributed by atoms with Crippen molar-refractivity contribution in [2.75, 3.05) is 18.8 Å². The van der Waals surface area contributed by atoms with Gasteiger partial charge in [-0.05, 0) is 63.0 Å². The van der Waals surface area contributed by atoms with Gasteiger partial charge in [0, 0.05) is 17.8 Å². The number of piperidine rings is 3. The van der Waals surface area contributed by atoms with Gasteiger partial charge in [-0.25, -0.2) is 4.98 Å². The van der Waals surface area contributed by atoms with Crippen LogP contribution in [0.25, 0.3) is 0 Å². The van der Waals surface area contributed by atoms with E-state index in [0.717, 1.165) is 13.1 Å². The summed E-state index contributed by atoms with van der Waals surface area (Å²) in [4.78, 5) is 19.3. The number of ether oxygens (including phenoxy) is 1. The van der Waals surface area contributed by atoms with Gasteiger partial charge in [0.05, 0.1) is 6.20 Å². The van der Waals surface area contributed by atoms with Crippen molar-refractivity contribution in [3.8, 4) is 10.8 Å². The normalized spacial score (nSPS) is 27.9. The lowest BCUT2D eigenvalue weighted by atomic mass is 9.79. The van der Waals surface area contributed by atoms with E-state index in [1.165, 1.54) is 24.2 Å². The van der Waals surface area contributed by atoms with E-state index in [4.69, 9.17) is 10.5 Å². The van der Waals surface area contributed by atoms with Crippen LogP contribution < -0.4 is 15.8 Å². The molecule has 1 aromatic carbocycles. The SMILES string of the molecule is CC1C(NC(=O)c2ncc(Oc3ccc(N)cc3)s2)C2CCN1CC2. The van der Waals surface area contributed by atoms with Gasteiger partial charge in [0.1, 0.15) is 5.75 Å². The Morgan fingerprint density at radius 3 is 2.72 bits per heavy atom. The highest BCUT2D eigenvalue weighted by Crippen LogP contribution is 2.33. The van der Waals surface area contributed by atoms with E-state index in [9.17, 15) is 4.79 Å². The molecule has 3 aliphatic rings. The van der Waals surface area contributed by atoms with Crippen LogP contribution in [-0.4, -0.2) is 41.0 Å². The Morgan fingerprint density at radius 2 is 2.04 bits per heavy atom. The molecule has 2 unspecified atom stereocenters. The molecule has 1 aromatic heterocycles. The lowest BCUT2D eigenvalue weighted by Crippen LogP contribution is -2.62. The molecule has 0 spiro atoms. The fraction of sp³-hybridized carbons (Fsp3) is 0.444. The number of fused-ring (bicyclic) bond motifs is 3. The topological polar surface area (TPSA) is 80.5 Å². The molecule has 3 saturated heterocycles. The number of nitrogen functional groups attached to an aromatic ring is 1. The Morgan fingerprint density at radius 1 is 1.32 bits per heavy atom. The Kier molecular flexibility index (Phi) is 4.35. The molecule has 2 bridgehead atoms. The van der Waals surface area contributed by atoms with Crippen molar-refractivity contribution >= 4 is 22.9 Å². The van der Waals surface area contributed by atoms with Crippen molar-refractivity contribution in [1.82, 2.24) is 15.2 Å². The predicted molar refractivity (Wildman–Crippen MR) is 98.1 cm³/mol. The van der Waals surface area contributed by atoms with Gasteiger partial charge in [-0.1, -0.05) is 11.3 Å². The number of anilines is 1. The van der Waals surface area contributed by atoms with Crippen LogP contribution in [0.3, 0.4) is 0 Å². The summed E-state index contributed by atoms with van der Waals surface area (Å²) < 4.78 is 5.74. The third-order valence-corrected chi connectivity index (χ3v) is 6.13. The molecule has 5 rings (SSSR count). The fourth-order valence-electron chi connectivity index (χ4n) is 3.82. The predicted octanol–water partition coefficient (Wildman–Crippen LogP) is 2.73. The van der Waals surface area contributed by atoms with Crippen molar-refractivity contribution < 1.29 is 9.53 Å². The standard InChI is InChI=1S/C18H22N4O2S/c1-11-16(12-6-8-22(11)9-7-12)21-17(23)18-20-10-15(25-18)24-14-4-2-13(19)3-5-14/h2-5,10-12,16H,6-9,19H2,1H3,(H,21,23). The van der Waals surface area contributed by atoms with Gasteiger partial charge < -0.3 is 15.8 Å². The van der Waals surface area contributed by atoms with Gasteiger partial charge in [0.15, 0.2) is 5.01 Å². The second-order valence-corrected chi connectivity index (χ2v) is 7.76. The number of carbonyl (C=O) groups excluding carboxylic acids is 1. The van der Waals surface area contributed by atoms with Crippen LogP contribution in [0.15, 0.2) is 30.5 Å². The lowest BCUT2D eigenvalue weighted by molar-refractivity contribution is 0.0217. The molecule has 0 radical (unpaired) electrons. The summed E-state index contributed by atoms with van der Waals surface area (Å²) >= 11 is 1.26. The highest BCUT2D eigenvalue weighted by molar-refractivity contribution is 7.15. The number of rotatable bonds is 4. The van der Waals surface area contributed by atoms with Crippen LogP contribution in [0, 0.1) is 5.92 Å². The number of hydrogen-bond acceptors (Lipinski definition) is 6. The van der Waals surface area contributed by atoms with Crippen LogP contribution in [0.1, 0.15) is 29.6 Å². The molecule has 3 aliphatic heterocycles. The number of hydrogen-bond donors (Lipinski definition) is 2. The maximum absolute atomic E-state index is 12.6. The second kappa shape index (κ2) is 6.65. The third kappa shape index (κ3) is 3.34. The zero-order valence-electron chi connectivity index (χ0n) is 14.1. The second-order valence-electron chi connectivity index (χ2n) is 6.77. The van der Waals surface area contributed by atoms with Gasteiger partial charge in [0.2, 0.25) is 5.06 Å². The molecule has 7 heteroatoms. The molecule has 0 saturated carbocycles. The summed E-state index contributed by atoms with van der Waals surface area (Å²) in [7, 11) is 0. The monoisotopic (exact) mass is 358 g/mol. The summed E-state index contributed by atoms with van der Waals surface area (Å²) in [5.41, 5.74) is 6.35. The molecule has 2 aromatic rings. The first-order valence-corrected chi connectivity index (χ1v) is 9.46. The number of nitrogens with one attached hydrogen (secondary N) is 1. The van der Waals surface area contributed by atoms with E-state index in [1.54, 1.807) is 30.5 Å².